The Labute approximate surface area is 83.4 Å². The SMILES string of the molecule is c1cc2c(s1)CN1CCCCC1C2. The van der Waals surface area contributed by atoms with Crippen LogP contribution in [0.1, 0.15) is 29.7 Å². The molecule has 1 atom stereocenters. The second-order valence-electron chi connectivity index (χ2n) is 4.19. The third-order valence-electron chi connectivity index (χ3n) is 3.39. The minimum atomic E-state index is 0.871. The molecule has 0 spiro atoms. The lowest BCUT2D eigenvalue weighted by atomic mass is 9.92. The summed E-state index contributed by atoms with van der Waals surface area (Å²) in [6, 6.07) is 3.20. The Morgan fingerprint density at radius 2 is 2.38 bits per heavy atom. The third kappa shape index (κ3) is 1.32. The molecule has 3 heterocycles. The molecule has 1 aromatic rings. The lowest BCUT2D eigenvalue weighted by molar-refractivity contribution is 0.129. The highest BCUT2D eigenvalue weighted by atomic mass is 32.1. The summed E-state index contributed by atoms with van der Waals surface area (Å²) in [5.74, 6) is 0. The van der Waals surface area contributed by atoms with Crippen LogP contribution in [0.25, 0.3) is 0 Å². The Hall–Kier alpha value is -0.340. The minimum absolute atomic E-state index is 0.871. The van der Waals surface area contributed by atoms with Crippen LogP contribution in [-0.2, 0) is 13.0 Å². The molecule has 0 radical (unpaired) electrons. The van der Waals surface area contributed by atoms with E-state index in [2.05, 4.69) is 16.3 Å². The zero-order valence-electron chi connectivity index (χ0n) is 7.83. The van der Waals surface area contributed by atoms with Gasteiger partial charge >= 0.3 is 0 Å². The van der Waals surface area contributed by atoms with E-state index in [4.69, 9.17) is 0 Å². The van der Waals surface area contributed by atoms with E-state index >= 15 is 0 Å². The van der Waals surface area contributed by atoms with Crippen molar-refractivity contribution in [2.45, 2.75) is 38.3 Å². The van der Waals surface area contributed by atoms with Crippen molar-refractivity contribution in [3.63, 3.8) is 0 Å². The average Bonchev–Trinajstić information content (AvgIpc) is 2.61. The Kier molecular flexibility index (Phi) is 1.91. The Balaban J connectivity index is 1.89. The summed E-state index contributed by atoms with van der Waals surface area (Å²) in [7, 11) is 0. The summed E-state index contributed by atoms with van der Waals surface area (Å²) in [4.78, 5) is 4.31. The van der Waals surface area contributed by atoms with Gasteiger partial charge in [0.1, 0.15) is 0 Å². The van der Waals surface area contributed by atoms with Crippen LogP contribution in [0.4, 0.5) is 0 Å². The van der Waals surface area contributed by atoms with Crippen molar-refractivity contribution in [1.82, 2.24) is 4.90 Å². The van der Waals surface area contributed by atoms with Gasteiger partial charge in [-0.25, -0.2) is 0 Å². The highest BCUT2D eigenvalue weighted by Crippen LogP contribution is 2.31. The maximum atomic E-state index is 2.68. The van der Waals surface area contributed by atoms with Gasteiger partial charge in [0, 0.05) is 17.5 Å². The number of nitrogens with zero attached hydrogens (tertiary/aromatic N) is 1. The number of hydrogen-bond donors (Lipinski definition) is 0. The molecule has 1 aromatic heterocycles. The molecule has 0 amide bonds. The molecule has 0 bridgehead atoms. The van der Waals surface area contributed by atoms with Crippen LogP contribution in [0.5, 0.6) is 0 Å². The summed E-state index contributed by atoms with van der Waals surface area (Å²) in [6.45, 7) is 2.57. The van der Waals surface area contributed by atoms with Crippen molar-refractivity contribution in [2.24, 2.45) is 0 Å². The second kappa shape index (κ2) is 3.10. The van der Waals surface area contributed by atoms with Crippen LogP contribution < -0.4 is 0 Å². The smallest absolute Gasteiger partial charge is 0.0333 e. The van der Waals surface area contributed by atoms with Gasteiger partial charge in [-0.05, 0) is 42.8 Å². The average molecular weight is 193 g/mol. The van der Waals surface area contributed by atoms with Crippen LogP contribution in [0.15, 0.2) is 11.4 Å². The van der Waals surface area contributed by atoms with Gasteiger partial charge in [0.2, 0.25) is 0 Å². The fraction of sp³-hybridized carbons (Fsp3) is 0.636. The van der Waals surface area contributed by atoms with Crippen LogP contribution in [0, 0.1) is 0 Å². The molecule has 2 aliphatic rings. The minimum Gasteiger partial charge on any atom is -0.295 e. The monoisotopic (exact) mass is 193 g/mol. The molecule has 1 saturated heterocycles. The summed E-state index contributed by atoms with van der Waals surface area (Å²) < 4.78 is 0. The molecule has 13 heavy (non-hydrogen) atoms. The van der Waals surface area contributed by atoms with Gasteiger partial charge in [-0.2, -0.15) is 0 Å². The van der Waals surface area contributed by atoms with Crippen molar-refractivity contribution in [3.05, 3.63) is 21.9 Å². The van der Waals surface area contributed by atoms with Crippen molar-refractivity contribution >= 4 is 11.3 Å². The maximum Gasteiger partial charge on any atom is 0.0333 e. The molecule has 0 N–H and O–H groups in total. The second-order valence-corrected chi connectivity index (χ2v) is 5.19. The molecular formula is C11H15NS. The number of fused-ring (bicyclic) bond motifs is 2. The van der Waals surface area contributed by atoms with E-state index < -0.39 is 0 Å². The molecule has 1 unspecified atom stereocenters. The molecule has 3 rings (SSSR count). The fourth-order valence-electron chi connectivity index (χ4n) is 2.63. The molecule has 2 heteroatoms. The van der Waals surface area contributed by atoms with Gasteiger partial charge in [-0.3, -0.25) is 4.90 Å². The van der Waals surface area contributed by atoms with Gasteiger partial charge in [0.15, 0.2) is 0 Å². The van der Waals surface area contributed by atoms with Crippen LogP contribution in [0.3, 0.4) is 0 Å². The molecular weight excluding hydrogens is 178 g/mol. The van der Waals surface area contributed by atoms with E-state index in [-0.39, 0.29) is 0 Å². The number of rotatable bonds is 0. The maximum absolute atomic E-state index is 2.68. The van der Waals surface area contributed by atoms with Gasteiger partial charge in [-0.15, -0.1) is 11.3 Å². The van der Waals surface area contributed by atoms with Crippen molar-refractivity contribution in [2.75, 3.05) is 6.54 Å². The van der Waals surface area contributed by atoms with Crippen molar-refractivity contribution in [1.29, 1.82) is 0 Å². The predicted octanol–water partition coefficient (Wildman–Crippen LogP) is 2.66. The zero-order valence-corrected chi connectivity index (χ0v) is 8.65. The first-order valence-corrected chi connectivity index (χ1v) is 6.11. The normalized spacial score (nSPS) is 28.2. The first-order chi connectivity index (χ1) is 6.43. The Bertz CT molecular complexity index is 276. The largest absolute Gasteiger partial charge is 0.295 e. The van der Waals surface area contributed by atoms with Crippen LogP contribution >= 0.6 is 11.3 Å². The van der Waals surface area contributed by atoms with E-state index in [1.165, 1.54) is 38.8 Å². The number of thiophene rings is 1. The molecule has 2 aliphatic heterocycles. The molecule has 0 aromatic carbocycles. The highest BCUT2D eigenvalue weighted by Gasteiger charge is 2.28. The zero-order chi connectivity index (χ0) is 8.67. The van der Waals surface area contributed by atoms with Crippen LogP contribution in [0.2, 0.25) is 0 Å². The molecule has 0 saturated carbocycles. The molecule has 1 nitrogen and oxygen atoms in total. The van der Waals surface area contributed by atoms with Gasteiger partial charge in [0.05, 0.1) is 0 Å². The van der Waals surface area contributed by atoms with Gasteiger partial charge < -0.3 is 0 Å². The van der Waals surface area contributed by atoms with E-state index in [0.29, 0.717) is 0 Å². The van der Waals surface area contributed by atoms with Crippen molar-refractivity contribution < 1.29 is 0 Å². The topological polar surface area (TPSA) is 3.24 Å². The van der Waals surface area contributed by atoms with Gasteiger partial charge in [-0.1, -0.05) is 6.42 Å². The molecule has 1 fully saturated rings. The quantitative estimate of drug-likeness (QED) is 0.612. The lowest BCUT2D eigenvalue weighted by Crippen LogP contribution is -2.42. The highest BCUT2D eigenvalue weighted by molar-refractivity contribution is 7.10. The first kappa shape index (κ1) is 8.01. The summed E-state index contributed by atoms with van der Waals surface area (Å²) in [5, 5.41) is 2.25. The third-order valence-corrected chi connectivity index (χ3v) is 4.34. The van der Waals surface area contributed by atoms with E-state index in [9.17, 15) is 0 Å². The summed E-state index contributed by atoms with van der Waals surface area (Å²) >= 11 is 1.94. The van der Waals surface area contributed by atoms with Gasteiger partial charge in [0.25, 0.3) is 0 Å². The number of piperidine rings is 1. The predicted molar refractivity (Wildman–Crippen MR) is 56.1 cm³/mol. The summed E-state index contributed by atoms with van der Waals surface area (Å²) in [5.41, 5.74) is 1.63. The standard InChI is InChI=1S/C11H15NS/c1-2-5-12-8-11-9(4-6-13-11)7-10(12)3-1/h4,6,10H,1-3,5,7-8H2. The van der Waals surface area contributed by atoms with E-state index in [1.54, 1.807) is 10.4 Å². The molecule has 0 aliphatic carbocycles. The van der Waals surface area contributed by atoms with E-state index in [1.807, 2.05) is 11.3 Å². The first-order valence-electron chi connectivity index (χ1n) is 5.23. The lowest BCUT2D eigenvalue weighted by Gasteiger charge is -2.39. The number of hydrogen-bond acceptors (Lipinski definition) is 2. The summed E-state index contributed by atoms with van der Waals surface area (Å²) in [6.07, 6.45) is 5.60. The Morgan fingerprint density at radius 1 is 1.38 bits per heavy atom. The molecule has 70 valence electrons. The van der Waals surface area contributed by atoms with Crippen molar-refractivity contribution in [3.8, 4) is 0 Å². The van der Waals surface area contributed by atoms with E-state index in [0.717, 1.165) is 6.04 Å². The van der Waals surface area contributed by atoms with Crippen LogP contribution in [-0.4, -0.2) is 17.5 Å². The fourth-order valence-corrected chi connectivity index (χ4v) is 3.56. The Morgan fingerprint density at radius 3 is 3.38 bits per heavy atom.